The maximum Gasteiger partial charge on any atom is 0.299 e. The lowest BCUT2D eigenvalue weighted by Gasteiger charge is -2.16. The molecule has 0 N–H and O–H groups in total. The van der Waals surface area contributed by atoms with E-state index in [1.807, 2.05) is 30.5 Å². The molecule has 0 amide bonds. The Bertz CT molecular complexity index is 1170. The van der Waals surface area contributed by atoms with E-state index in [1.165, 1.54) is 22.7 Å². The van der Waals surface area contributed by atoms with Crippen molar-refractivity contribution in [3.05, 3.63) is 65.4 Å². The van der Waals surface area contributed by atoms with Crippen LogP contribution in [0.25, 0.3) is 22.3 Å². The van der Waals surface area contributed by atoms with E-state index >= 15 is 0 Å². The number of nitrogens with zero attached hydrogens (tertiary/aromatic N) is 4. The van der Waals surface area contributed by atoms with Gasteiger partial charge in [0.1, 0.15) is 5.75 Å². The number of hydrogen-bond donors (Lipinski definition) is 0. The average molecular weight is 419 g/mol. The molecule has 0 fully saturated rings. The molecule has 30 heavy (non-hydrogen) atoms. The minimum atomic E-state index is 0.541. The smallest absolute Gasteiger partial charge is 0.299 e. The fraction of sp³-hybridized carbons (Fsp3) is 0.292. The van der Waals surface area contributed by atoms with Gasteiger partial charge in [-0.2, -0.15) is 9.36 Å². The molecule has 5 nitrogen and oxygen atoms in total. The molecule has 4 rings (SSSR count). The molecule has 0 bridgehead atoms. The Morgan fingerprint density at radius 1 is 1.07 bits per heavy atom. The number of para-hydroxylation sites is 1. The highest BCUT2D eigenvalue weighted by Crippen LogP contribution is 2.31. The summed E-state index contributed by atoms with van der Waals surface area (Å²) in [5, 5.41) is 1.61. The van der Waals surface area contributed by atoms with E-state index in [9.17, 15) is 0 Å². The number of fused-ring (bicyclic) bond motifs is 1. The van der Waals surface area contributed by atoms with Gasteiger partial charge in [0.05, 0.1) is 5.52 Å². The van der Waals surface area contributed by atoms with Crippen molar-refractivity contribution in [2.75, 3.05) is 20.1 Å². The summed E-state index contributed by atoms with van der Waals surface area (Å²) in [6.45, 7) is 8.51. The van der Waals surface area contributed by atoms with Crippen LogP contribution in [0.5, 0.6) is 10.9 Å². The van der Waals surface area contributed by atoms with Gasteiger partial charge in [-0.05, 0) is 68.8 Å². The van der Waals surface area contributed by atoms with Crippen LogP contribution < -0.4 is 4.74 Å². The monoisotopic (exact) mass is 418 g/mol. The average Bonchev–Trinajstić information content (AvgIpc) is 3.23. The number of benzene rings is 2. The van der Waals surface area contributed by atoms with Crippen LogP contribution >= 0.6 is 11.5 Å². The molecule has 0 aliphatic rings. The van der Waals surface area contributed by atoms with Crippen molar-refractivity contribution in [1.29, 1.82) is 0 Å². The molecule has 0 atom stereocenters. The predicted octanol–water partition coefficient (Wildman–Crippen LogP) is 5.66. The second-order valence-electron chi connectivity index (χ2n) is 7.59. The number of likely N-dealkylation sites (N-methyl/N-ethyl adjacent to an activating group) is 1. The van der Waals surface area contributed by atoms with E-state index < -0.39 is 0 Å². The first-order chi connectivity index (χ1) is 14.5. The highest BCUT2D eigenvalue weighted by molar-refractivity contribution is 7.07. The number of pyridine rings is 1. The Hall–Kier alpha value is -2.83. The first-order valence-corrected chi connectivity index (χ1v) is 11.0. The molecule has 2 aromatic carbocycles. The SMILES string of the molecule is CCN(C)CCc1cc(C)c(Oc2nc(-c3cnc4ccccc4c3)ns2)cc1C. The maximum atomic E-state index is 6.10. The van der Waals surface area contributed by atoms with E-state index in [0.29, 0.717) is 11.0 Å². The van der Waals surface area contributed by atoms with Gasteiger partial charge in [-0.1, -0.05) is 31.2 Å². The molecule has 6 heteroatoms. The lowest BCUT2D eigenvalue weighted by atomic mass is 10.0. The number of rotatable bonds is 7. The van der Waals surface area contributed by atoms with Crippen molar-refractivity contribution >= 4 is 22.4 Å². The first-order valence-electron chi connectivity index (χ1n) is 10.2. The third-order valence-electron chi connectivity index (χ3n) is 5.39. The van der Waals surface area contributed by atoms with Gasteiger partial charge < -0.3 is 9.64 Å². The molecule has 0 saturated carbocycles. The highest BCUT2D eigenvalue weighted by Gasteiger charge is 2.12. The molecular weight excluding hydrogens is 392 g/mol. The predicted molar refractivity (Wildman–Crippen MR) is 124 cm³/mol. The second-order valence-corrected chi connectivity index (χ2v) is 8.31. The van der Waals surface area contributed by atoms with Gasteiger partial charge in [0.25, 0.3) is 5.19 Å². The highest BCUT2D eigenvalue weighted by atomic mass is 32.1. The number of aromatic nitrogens is 3. The van der Waals surface area contributed by atoms with E-state index in [2.05, 4.69) is 65.3 Å². The minimum absolute atomic E-state index is 0.541. The Morgan fingerprint density at radius 3 is 2.73 bits per heavy atom. The van der Waals surface area contributed by atoms with E-state index in [0.717, 1.165) is 47.3 Å². The van der Waals surface area contributed by atoms with Crippen molar-refractivity contribution in [3.63, 3.8) is 0 Å². The Balaban J connectivity index is 1.52. The molecule has 0 spiro atoms. The van der Waals surface area contributed by atoms with Crippen LogP contribution in [-0.2, 0) is 6.42 Å². The quantitative estimate of drug-likeness (QED) is 0.388. The van der Waals surface area contributed by atoms with Gasteiger partial charge in [0.15, 0.2) is 5.82 Å². The van der Waals surface area contributed by atoms with Gasteiger partial charge in [-0.15, -0.1) is 0 Å². The zero-order valence-corrected chi connectivity index (χ0v) is 18.7. The molecular formula is C24H26N4OS. The number of aryl methyl sites for hydroxylation is 2. The zero-order chi connectivity index (χ0) is 21.1. The van der Waals surface area contributed by atoms with Crippen molar-refractivity contribution in [2.45, 2.75) is 27.2 Å². The van der Waals surface area contributed by atoms with Crippen molar-refractivity contribution < 1.29 is 4.74 Å². The van der Waals surface area contributed by atoms with Gasteiger partial charge in [-0.3, -0.25) is 4.98 Å². The van der Waals surface area contributed by atoms with Gasteiger partial charge >= 0.3 is 0 Å². The van der Waals surface area contributed by atoms with Gasteiger partial charge in [0, 0.05) is 35.2 Å². The molecule has 154 valence electrons. The topological polar surface area (TPSA) is 51.1 Å². The normalized spacial score (nSPS) is 11.4. The molecule has 2 heterocycles. The zero-order valence-electron chi connectivity index (χ0n) is 17.8. The van der Waals surface area contributed by atoms with Gasteiger partial charge in [-0.25, -0.2) is 0 Å². The molecule has 0 unspecified atom stereocenters. The third-order valence-corrected chi connectivity index (χ3v) is 5.98. The first kappa shape index (κ1) is 20.4. The van der Waals surface area contributed by atoms with Crippen LogP contribution in [0.15, 0.2) is 48.7 Å². The van der Waals surface area contributed by atoms with Crippen LogP contribution in [-0.4, -0.2) is 39.4 Å². The maximum absolute atomic E-state index is 6.10. The van der Waals surface area contributed by atoms with E-state index in [1.54, 1.807) is 0 Å². The molecule has 0 aliphatic heterocycles. The Morgan fingerprint density at radius 2 is 1.90 bits per heavy atom. The van der Waals surface area contributed by atoms with E-state index in [-0.39, 0.29) is 0 Å². The van der Waals surface area contributed by atoms with Crippen LogP contribution in [0, 0.1) is 13.8 Å². The largest absolute Gasteiger partial charge is 0.430 e. The summed E-state index contributed by atoms with van der Waals surface area (Å²) in [5.41, 5.74) is 5.56. The van der Waals surface area contributed by atoms with E-state index in [4.69, 9.17) is 4.74 Å². The Kier molecular flexibility index (Phi) is 6.06. The third kappa shape index (κ3) is 4.50. The molecule has 4 aromatic rings. The molecule has 0 saturated heterocycles. The summed E-state index contributed by atoms with van der Waals surface area (Å²) >= 11 is 1.26. The summed E-state index contributed by atoms with van der Waals surface area (Å²) < 4.78 is 10.6. The molecule has 0 aliphatic carbocycles. The van der Waals surface area contributed by atoms with Crippen LogP contribution in [0.1, 0.15) is 23.6 Å². The lowest BCUT2D eigenvalue weighted by molar-refractivity contribution is 0.357. The summed E-state index contributed by atoms with van der Waals surface area (Å²) in [7, 11) is 2.15. The van der Waals surface area contributed by atoms with Crippen molar-refractivity contribution in [2.24, 2.45) is 0 Å². The summed E-state index contributed by atoms with van der Waals surface area (Å²) in [6.07, 6.45) is 2.85. The van der Waals surface area contributed by atoms with Crippen LogP contribution in [0.2, 0.25) is 0 Å². The standard InChI is InChI=1S/C24H26N4OS/c1-5-28(4)11-10-18-12-17(3)22(13-16(18)2)29-24-26-23(27-30-24)20-14-19-8-6-7-9-21(19)25-15-20/h6-9,12-15H,5,10-11H2,1-4H3. The van der Waals surface area contributed by atoms with Gasteiger partial charge in [0.2, 0.25) is 0 Å². The van der Waals surface area contributed by atoms with Crippen molar-refractivity contribution in [1.82, 2.24) is 19.2 Å². The lowest BCUT2D eigenvalue weighted by Crippen LogP contribution is -2.20. The summed E-state index contributed by atoms with van der Waals surface area (Å²) in [4.78, 5) is 11.4. The second kappa shape index (κ2) is 8.90. The van der Waals surface area contributed by atoms with Crippen molar-refractivity contribution in [3.8, 4) is 22.3 Å². The summed E-state index contributed by atoms with van der Waals surface area (Å²) in [5.74, 6) is 1.47. The number of hydrogen-bond acceptors (Lipinski definition) is 6. The minimum Gasteiger partial charge on any atom is -0.430 e. The molecule has 2 aromatic heterocycles. The Labute approximate surface area is 181 Å². The fourth-order valence-electron chi connectivity index (χ4n) is 3.35. The number of ether oxygens (including phenoxy) is 1. The molecule has 0 radical (unpaired) electrons. The van der Waals surface area contributed by atoms with Crippen LogP contribution in [0.3, 0.4) is 0 Å². The summed E-state index contributed by atoms with van der Waals surface area (Å²) in [6, 6.07) is 14.4. The fourth-order valence-corrected chi connectivity index (χ4v) is 3.92. The van der Waals surface area contributed by atoms with Crippen LogP contribution in [0.4, 0.5) is 0 Å².